The summed E-state index contributed by atoms with van der Waals surface area (Å²) in [7, 11) is 3.84. The van der Waals surface area contributed by atoms with Crippen LogP contribution in [0.15, 0.2) is 42.7 Å². The zero-order chi connectivity index (χ0) is 23.8. The van der Waals surface area contributed by atoms with Crippen LogP contribution >= 0.6 is 0 Å². The summed E-state index contributed by atoms with van der Waals surface area (Å²) in [5.41, 5.74) is 10.4. The first kappa shape index (κ1) is 22.2. The minimum absolute atomic E-state index is 0.153. The average molecular weight is 463 g/mol. The van der Waals surface area contributed by atoms with E-state index in [2.05, 4.69) is 37.1 Å². The van der Waals surface area contributed by atoms with Gasteiger partial charge in [-0.15, -0.1) is 0 Å². The highest BCUT2D eigenvalue weighted by Gasteiger charge is 2.30. The summed E-state index contributed by atoms with van der Waals surface area (Å²) in [6.07, 6.45) is 9.17. The Hall–Kier alpha value is -3.62. The molecule has 1 saturated heterocycles. The number of nitrogens with two attached hydrogens (primary N) is 1. The van der Waals surface area contributed by atoms with Crippen molar-refractivity contribution in [2.45, 2.75) is 32.2 Å². The molecule has 0 amide bonds. The van der Waals surface area contributed by atoms with Crippen LogP contribution in [0.5, 0.6) is 0 Å². The van der Waals surface area contributed by atoms with E-state index in [4.69, 9.17) is 5.73 Å². The van der Waals surface area contributed by atoms with Gasteiger partial charge in [-0.1, -0.05) is 12.1 Å². The van der Waals surface area contributed by atoms with E-state index in [-0.39, 0.29) is 11.8 Å². The highest BCUT2D eigenvalue weighted by atomic mass is 19.1. The van der Waals surface area contributed by atoms with Gasteiger partial charge >= 0.3 is 0 Å². The van der Waals surface area contributed by atoms with Gasteiger partial charge in [0.1, 0.15) is 11.6 Å². The third-order valence-electron chi connectivity index (χ3n) is 6.77. The molecule has 34 heavy (non-hydrogen) atoms. The molecule has 0 saturated carbocycles. The summed E-state index contributed by atoms with van der Waals surface area (Å²) < 4.78 is 15.6. The molecule has 1 unspecified atom stereocenters. The van der Waals surface area contributed by atoms with Crippen molar-refractivity contribution in [1.82, 2.24) is 24.6 Å². The van der Waals surface area contributed by atoms with Gasteiger partial charge in [0.15, 0.2) is 5.82 Å². The molecule has 2 N–H and O–H groups in total. The van der Waals surface area contributed by atoms with E-state index in [9.17, 15) is 4.39 Å². The van der Waals surface area contributed by atoms with Crippen molar-refractivity contribution < 1.29 is 4.39 Å². The van der Waals surface area contributed by atoms with E-state index >= 15 is 0 Å². The summed E-state index contributed by atoms with van der Waals surface area (Å²) in [5, 5.41) is 4.54. The fraction of sp³-hybridized carbons (Fsp3) is 0.400. The van der Waals surface area contributed by atoms with Gasteiger partial charge in [0.2, 0.25) is 5.95 Å². The molecule has 1 atom stereocenters. The summed E-state index contributed by atoms with van der Waals surface area (Å²) in [4.78, 5) is 15.3. The number of benzene rings is 1. The molecule has 9 heteroatoms. The Bertz CT molecular complexity index is 1220. The molecule has 5 rings (SSSR count). The molecule has 1 aromatic carbocycles. The highest BCUT2D eigenvalue weighted by molar-refractivity contribution is 5.57. The van der Waals surface area contributed by atoms with Crippen LogP contribution < -0.4 is 15.5 Å². The molecule has 8 nitrogen and oxygen atoms in total. The molecule has 2 aromatic heterocycles. The molecule has 0 spiro atoms. The van der Waals surface area contributed by atoms with Gasteiger partial charge < -0.3 is 20.4 Å². The van der Waals surface area contributed by atoms with Gasteiger partial charge in [0.25, 0.3) is 0 Å². The number of fused-ring (bicyclic) bond motifs is 3. The Morgan fingerprint density at radius 2 is 2.06 bits per heavy atom. The molecule has 0 bridgehead atoms. The van der Waals surface area contributed by atoms with Crippen LogP contribution in [0, 0.1) is 12.7 Å². The number of aryl methyl sites for hydroxylation is 1. The number of hydrogen-bond acceptors (Lipinski definition) is 7. The Labute approximate surface area is 199 Å². The number of anilines is 3. The maximum atomic E-state index is 13.8. The standard InChI is InChI=1S/C25H31FN8/c1-17-19(15-28-34(17)24-14-23(31(2)3)29-25(27)30-24)5-4-10-32-11-12-33-21(16-32)9-7-18-6-8-20(26)13-22(18)33/h4,6,8,10,13-15,21H,5,7,9,11-12,16H2,1-3H3,(H2,27,29,30). The number of nitrogens with zero attached hydrogens (tertiary/aromatic N) is 7. The Morgan fingerprint density at radius 3 is 2.88 bits per heavy atom. The van der Waals surface area contributed by atoms with E-state index in [1.54, 1.807) is 12.1 Å². The number of aromatic nitrogens is 4. The van der Waals surface area contributed by atoms with Gasteiger partial charge in [-0.25, -0.2) is 9.07 Å². The minimum Gasteiger partial charge on any atom is -0.374 e. The molecule has 178 valence electrons. The lowest BCUT2D eigenvalue weighted by atomic mass is 9.94. The predicted octanol–water partition coefficient (Wildman–Crippen LogP) is 2.95. The van der Waals surface area contributed by atoms with Gasteiger partial charge in [-0.05, 0) is 55.6 Å². The molecule has 0 aliphatic carbocycles. The van der Waals surface area contributed by atoms with Crippen molar-refractivity contribution in [2.75, 3.05) is 49.3 Å². The summed E-state index contributed by atoms with van der Waals surface area (Å²) in [6.45, 7) is 4.83. The van der Waals surface area contributed by atoms with Crippen LogP contribution in [-0.2, 0) is 12.8 Å². The first-order valence-electron chi connectivity index (χ1n) is 11.7. The van der Waals surface area contributed by atoms with Crippen LogP contribution in [0.2, 0.25) is 0 Å². The smallest absolute Gasteiger partial charge is 0.224 e. The monoisotopic (exact) mass is 462 g/mol. The molecule has 1 fully saturated rings. The number of hydrogen-bond donors (Lipinski definition) is 1. The Morgan fingerprint density at radius 1 is 1.21 bits per heavy atom. The van der Waals surface area contributed by atoms with Crippen LogP contribution in [-0.4, -0.2) is 64.4 Å². The van der Waals surface area contributed by atoms with E-state index in [1.807, 2.05) is 48.9 Å². The third kappa shape index (κ3) is 4.30. The van der Waals surface area contributed by atoms with Gasteiger partial charge in [-0.2, -0.15) is 15.1 Å². The molecular formula is C25H31FN8. The number of rotatable bonds is 5. The average Bonchev–Trinajstić information content (AvgIpc) is 3.18. The highest BCUT2D eigenvalue weighted by Crippen LogP contribution is 2.33. The van der Waals surface area contributed by atoms with Crippen molar-refractivity contribution in [3.8, 4) is 5.82 Å². The number of piperazine rings is 1. The lowest BCUT2D eigenvalue weighted by Crippen LogP contribution is -2.53. The second-order valence-electron chi connectivity index (χ2n) is 9.25. The van der Waals surface area contributed by atoms with Crippen molar-refractivity contribution in [3.63, 3.8) is 0 Å². The second kappa shape index (κ2) is 8.96. The van der Waals surface area contributed by atoms with Crippen LogP contribution in [0.4, 0.5) is 21.8 Å². The summed E-state index contributed by atoms with van der Waals surface area (Å²) in [6, 6.07) is 7.51. The largest absolute Gasteiger partial charge is 0.374 e. The normalized spacial score (nSPS) is 17.7. The van der Waals surface area contributed by atoms with Crippen molar-refractivity contribution in [1.29, 1.82) is 0 Å². The molecule has 3 aromatic rings. The van der Waals surface area contributed by atoms with Crippen molar-refractivity contribution in [2.24, 2.45) is 0 Å². The van der Waals surface area contributed by atoms with Gasteiger partial charge in [-0.3, -0.25) is 0 Å². The number of nitrogen functional groups attached to an aromatic ring is 1. The van der Waals surface area contributed by atoms with Crippen LogP contribution in [0.3, 0.4) is 0 Å². The minimum atomic E-state index is -0.153. The number of allylic oxidation sites excluding steroid dienone is 1. The fourth-order valence-corrected chi connectivity index (χ4v) is 4.90. The van der Waals surface area contributed by atoms with Crippen molar-refractivity contribution in [3.05, 3.63) is 65.4 Å². The molecule has 0 radical (unpaired) electrons. The van der Waals surface area contributed by atoms with E-state index in [0.717, 1.165) is 61.7 Å². The van der Waals surface area contributed by atoms with Gasteiger partial charge in [0.05, 0.1) is 6.20 Å². The Kier molecular flexibility index (Phi) is 5.85. The zero-order valence-corrected chi connectivity index (χ0v) is 19.9. The topological polar surface area (TPSA) is 79.3 Å². The SMILES string of the molecule is Cc1c(CC=CN2CCN3c4cc(F)ccc4CCC3C2)cnn1-c1cc(N(C)C)nc(N)n1. The molecule has 2 aliphatic heterocycles. The van der Waals surface area contributed by atoms with Gasteiger partial charge in [0, 0.05) is 57.2 Å². The molecular weight excluding hydrogens is 431 g/mol. The lowest BCUT2D eigenvalue weighted by Gasteiger charge is -2.46. The summed E-state index contributed by atoms with van der Waals surface area (Å²) in [5.74, 6) is 1.48. The second-order valence-corrected chi connectivity index (χ2v) is 9.25. The quantitative estimate of drug-likeness (QED) is 0.625. The fourth-order valence-electron chi connectivity index (χ4n) is 4.90. The third-order valence-corrected chi connectivity index (χ3v) is 6.77. The van der Waals surface area contributed by atoms with E-state index < -0.39 is 0 Å². The Balaban J connectivity index is 1.24. The zero-order valence-electron chi connectivity index (χ0n) is 19.9. The van der Waals surface area contributed by atoms with E-state index in [0.29, 0.717) is 11.9 Å². The first-order chi connectivity index (χ1) is 16.4. The van der Waals surface area contributed by atoms with E-state index in [1.165, 1.54) is 5.56 Å². The maximum absolute atomic E-state index is 13.8. The molecule has 4 heterocycles. The maximum Gasteiger partial charge on any atom is 0.224 e. The molecule has 2 aliphatic rings. The van der Waals surface area contributed by atoms with Crippen molar-refractivity contribution >= 4 is 17.5 Å². The summed E-state index contributed by atoms with van der Waals surface area (Å²) >= 11 is 0. The predicted molar refractivity (Wildman–Crippen MR) is 133 cm³/mol. The number of halogens is 1. The first-order valence-corrected chi connectivity index (χ1v) is 11.7. The lowest BCUT2D eigenvalue weighted by molar-refractivity contribution is 0.282. The van der Waals surface area contributed by atoms with Crippen LogP contribution in [0.25, 0.3) is 5.82 Å². The van der Waals surface area contributed by atoms with Crippen LogP contribution in [0.1, 0.15) is 23.2 Å².